The smallest absolute Gasteiger partial charge is 0.163 e. The highest BCUT2D eigenvalue weighted by Crippen LogP contribution is 2.32. The maximum atomic E-state index is 12.1. The Hall–Kier alpha value is -1.19. The van der Waals surface area contributed by atoms with Crippen molar-refractivity contribution >= 4 is 31.8 Å². The maximum absolute atomic E-state index is 12.1. The van der Waals surface area contributed by atoms with Crippen molar-refractivity contribution in [1.29, 1.82) is 0 Å². The molecule has 0 aromatic heterocycles. The number of benzene rings is 1. The zero-order valence-electron chi connectivity index (χ0n) is 14.4. The van der Waals surface area contributed by atoms with Crippen molar-refractivity contribution in [2.75, 3.05) is 19.0 Å². The van der Waals surface area contributed by atoms with Gasteiger partial charge in [0, 0.05) is 10.0 Å². The molecule has 1 aromatic carbocycles. The van der Waals surface area contributed by atoms with Crippen molar-refractivity contribution in [3.8, 4) is 5.75 Å². The van der Waals surface area contributed by atoms with E-state index in [1.807, 2.05) is 6.92 Å². The molecular formula is C18H23BrO6S. The molecule has 0 radical (unpaired) electrons. The maximum Gasteiger partial charge on any atom is 0.163 e. The summed E-state index contributed by atoms with van der Waals surface area (Å²) in [6.07, 6.45) is 1.45. The SMILES string of the molecule is C/C(=C\c1cc(Br)ccc1O)CC[C@@H](O)C1=C(CO)CS(=O)(=O)[C@H]1CO. The Bertz CT molecular complexity index is 828. The van der Waals surface area contributed by atoms with Crippen LogP contribution in [0.15, 0.2) is 39.4 Å². The Morgan fingerprint density at radius 1 is 1.38 bits per heavy atom. The first-order chi connectivity index (χ1) is 12.2. The fourth-order valence-electron chi connectivity index (χ4n) is 3.15. The Balaban J connectivity index is 2.13. The quantitative estimate of drug-likeness (QED) is 0.474. The monoisotopic (exact) mass is 446 g/mol. The number of phenols is 1. The highest BCUT2D eigenvalue weighted by molar-refractivity contribution is 9.10. The van der Waals surface area contributed by atoms with Crippen LogP contribution in [0.3, 0.4) is 0 Å². The van der Waals surface area contributed by atoms with E-state index < -0.39 is 34.4 Å². The predicted molar refractivity (Wildman–Crippen MR) is 103 cm³/mol. The lowest BCUT2D eigenvalue weighted by molar-refractivity contribution is 0.186. The molecule has 1 heterocycles. The van der Waals surface area contributed by atoms with Crippen LogP contribution >= 0.6 is 15.9 Å². The third kappa shape index (κ3) is 4.75. The Kier molecular flexibility index (Phi) is 7.04. The van der Waals surface area contributed by atoms with E-state index in [2.05, 4.69) is 15.9 Å². The Morgan fingerprint density at radius 2 is 2.08 bits per heavy atom. The summed E-state index contributed by atoms with van der Waals surface area (Å²) < 4.78 is 24.9. The number of allylic oxidation sites excluding steroid dienone is 1. The minimum absolute atomic E-state index is 0.139. The van der Waals surface area contributed by atoms with Crippen LogP contribution in [0.25, 0.3) is 6.08 Å². The van der Waals surface area contributed by atoms with Gasteiger partial charge in [-0.3, -0.25) is 0 Å². The van der Waals surface area contributed by atoms with Gasteiger partial charge in [0.05, 0.1) is 25.1 Å². The van der Waals surface area contributed by atoms with Crippen molar-refractivity contribution in [3.05, 3.63) is 45.0 Å². The average molecular weight is 447 g/mol. The molecular weight excluding hydrogens is 424 g/mol. The number of hydrogen-bond donors (Lipinski definition) is 4. The van der Waals surface area contributed by atoms with Gasteiger partial charge in [-0.1, -0.05) is 27.6 Å². The van der Waals surface area contributed by atoms with Crippen LogP contribution in [-0.4, -0.2) is 59.2 Å². The number of aliphatic hydroxyl groups is 3. The van der Waals surface area contributed by atoms with Crippen LogP contribution in [0.5, 0.6) is 5.75 Å². The second kappa shape index (κ2) is 8.67. The van der Waals surface area contributed by atoms with E-state index in [1.54, 1.807) is 24.3 Å². The van der Waals surface area contributed by atoms with Gasteiger partial charge in [-0.05, 0) is 49.1 Å². The van der Waals surface area contributed by atoms with E-state index in [4.69, 9.17) is 0 Å². The van der Waals surface area contributed by atoms with Gasteiger partial charge in [0.15, 0.2) is 9.84 Å². The molecule has 26 heavy (non-hydrogen) atoms. The van der Waals surface area contributed by atoms with Crippen molar-refractivity contribution in [3.63, 3.8) is 0 Å². The molecule has 0 aliphatic carbocycles. The number of sulfone groups is 1. The molecule has 1 aromatic rings. The largest absolute Gasteiger partial charge is 0.507 e. The summed E-state index contributed by atoms with van der Waals surface area (Å²) in [6.45, 7) is 0.783. The number of rotatable bonds is 7. The number of halogens is 1. The summed E-state index contributed by atoms with van der Waals surface area (Å²) in [4.78, 5) is 0. The average Bonchev–Trinajstić information content (AvgIpc) is 2.85. The van der Waals surface area contributed by atoms with E-state index in [9.17, 15) is 28.8 Å². The van der Waals surface area contributed by atoms with Crippen LogP contribution in [0, 0.1) is 0 Å². The first kappa shape index (κ1) is 21.1. The Morgan fingerprint density at radius 3 is 2.69 bits per heavy atom. The molecule has 0 saturated carbocycles. The number of aromatic hydroxyl groups is 1. The van der Waals surface area contributed by atoms with Gasteiger partial charge in [-0.2, -0.15) is 0 Å². The third-order valence-electron chi connectivity index (χ3n) is 4.48. The van der Waals surface area contributed by atoms with Crippen molar-refractivity contribution in [2.45, 2.75) is 31.1 Å². The molecule has 8 heteroatoms. The molecule has 0 spiro atoms. The van der Waals surface area contributed by atoms with Gasteiger partial charge < -0.3 is 20.4 Å². The Labute approximate surface area is 161 Å². The first-order valence-electron chi connectivity index (χ1n) is 8.18. The molecule has 0 amide bonds. The van der Waals surface area contributed by atoms with E-state index in [0.29, 0.717) is 12.0 Å². The fraction of sp³-hybridized carbons (Fsp3) is 0.444. The van der Waals surface area contributed by atoms with E-state index >= 15 is 0 Å². The van der Waals surface area contributed by atoms with E-state index in [0.717, 1.165) is 10.0 Å². The normalized spacial score (nSPS) is 21.3. The minimum Gasteiger partial charge on any atom is -0.507 e. The van der Waals surface area contributed by atoms with Crippen LogP contribution in [0.1, 0.15) is 25.3 Å². The van der Waals surface area contributed by atoms with Crippen LogP contribution in [0.2, 0.25) is 0 Å². The molecule has 1 aliphatic heterocycles. The molecule has 6 nitrogen and oxygen atoms in total. The van der Waals surface area contributed by atoms with Crippen LogP contribution < -0.4 is 0 Å². The lowest BCUT2D eigenvalue weighted by atomic mass is 9.95. The molecule has 0 saturated heterocycles. The first-order valence-corrected chi connectivity index (χ1v) is 10.7. The molecule has 1 aliphatic rings. The van der Waals surface area contributed by atoms with Gasteiger partial charge in [0.25, 0.3) is 0 Å². The van der Waals surface area contributed by atoms with Gasteiger partial charge in [0.2, 0.25) is 0 Å². The van der Waals surface area contributed by atoms with E-state index in [1.165, 1.54) is 0 Å². The zero-order chi connectivity index (χ0) is 19.5. The van der Waals surface area contributed by atoms with Crippen LogP contribution in [-0.2, 0) is 9.84 Å². The van der Waals surface area contributed by atoms with Gasteiger partial charge in [-0.25, -0.2) is 8.42 Å². The lowest BCUT2D eigenvalue weighted by Gasteiger charge is -2.19. The standard InChI is InChI=1S/C18H23BrO6S/c1-11(6-12-7-14(19)3-5-15(12)22)2-4-16(23)18-13(8-20)10-26(24,25)17(18)9-21/h3,5-7,16-17,20-23H,2,4,8-10H2,1H3/b11-6+/t16-,17+/m1/s1. The third-order valence-corrected chi connectivity index (χ3v) is 7.00. The summed E-state index contributed by atoms with van der Waals surface area (Å²) in [5.41, 5.74) is 2.01. The zero-order valence-corrected chi connectivity index (χ0v) is 16.8. The molecule has 0 fully saturated rings. The van der Waals surface area contributed by atoms with Gasteiger partial charge in [-0.15, -0.1) is 0 Å². The van der Waals surface area contributed by atoms with Crippen molar-refractivity contribution in [2.24, 2.45) is 0 Å². The molecule has 2 atom stereocenters. The molecule has 2 rings (SSSR count). The highest BCUT2D eigenvalue weighted by Gasteiger charge is 2.40. The van der Waals surface area contributed by atoms with Gasteiger partial charge in [0.1, 0.15) is 11.0 Å². The number of phenolic OH excluding ortho intramolecular Hbond substituents is 1. The van der Waals surface area contributed by atoms with Gasteiger partial charge >= 0.3 is 0 Å². The van der Waals surface area contributed by atoms with E-state index in [-0.39, 0.29) is 29.1 Å². The second-order valence-electron chi connectivity index (χ2n) is 6.44. The summed E-state index contributed by atoms with van der Waals surface area (Å²) in [6, 6.07) is 5.07. The topological polar surface area (TPSA) is 115 Å². The fourth-order valence-corrected chi connectivity index (χ4v) is 5.41. The molecule has 0 bridgehead atoms. The van der Waals surface area contributed by atoms with Crippen molar-refractivity contribution < 1.29 is 28.8 Å². The lowest BCUT2D eigenvalue weighted by Crippen LogP contribution is -2.29. The highest BCUT2D eigenvalue weighted by atomic mass is 79.9. The summed E-state index contributed by atoms with van der Waals surface area (Å²) in [5.74, 6) is -0.192. The molecule has 144 valence electrons. The van der Waals surface area contributed by atoms with Crippen molar-refractivity contribution in [1.82, 2.24) is 0 Å². The minimum atomic E-state index is -3.59. The number of aliphatic hydroxyl groups excluding tert-OH is 3. The summed E-state index contributed by atoms with van der Waals surface area (Å²) in [5, 5.41) is 38.0. The number of hydrogen-bond acceptors (Lipinski definition) is 6. The van der Waals surface area contributed by atoms with Crippen LogP contribution in [0.4, 0.5) is 0 Å². The molecule has 4 N–H and O–H groups in total. The molecule has 0 unspecified atom stereocenters. The second-order valence-corrected chi connectivity index (χ2v) is 9.54. The summed E-state index contributed by atoms with van der Waals surface area (Å²) >= 11 is 3.34. The summed E-state index contributed by atoms with van der Waals surface area (Å²) in [7, 11) is -3.59. The predicted octanol–water partition coefficient (Wildman–Crippen LogP) is 1.78.